The first-order valence-electron chi connectivity index (χ1n) is 7.67. The van der Waals surface area contributed by atoms with Crippen LogP contribution in [0.1, 0.15) is 33.1 Å². The summed E-state index contributed by atoms with van der Waals surface area (Å²) in [6, 6.07) is 0. The standard InChI is InChI=1S/C15H24O5S/c1-3-18-13(16)12(14(17)19-4-2)11-5-7-20-15(9-11)6-8-21-10-15/h11-12H,3-10H2,1-2H3. The number of rotatable bonds is 5. The molecule has 0 bridgehead atoms. The minimum absolute atomic E-state index is 0.0458. The van der Waals surface area contributed by atoms with Gasteiger partial charge >= 0.3 is 11.9 Å². The molecule has 0 aromatic rings. The van der Waals surface area contributed by atoms with Crippen LogP contribution in [0.4, 0.5) is 0 Å². The van der Waals surface area contributed by atoms with E-state index in [0.717, 1.165) is 24.3 Å². The lowest BCUT2D eigenvalue weighted by Gasteiger charge is -2.39. The number of hydrogen-bond acceptors (Lipinski definition) is 6. The van der Waals surface area contributed by atoms with Crippen molar-refractivity contribution < 1.29 is 23.8 Å². The van der Waals surface area contributed by atoms with Crippen molar-refractivity contribution >= 4 is 23.7 Å². The first-order valence-corrected chi connectivity index (χ1v) is 8.82. The molecule has 0 aliphatic carbocycles. The van der Waals surface area contributed by atoms with E-state index in [1.165, 1.54) is 0 Å². The highest BCUT2D eigenvalue weighted by Crippen LogP contribution is 2.43. The number of esters is 2. The summed E-state index contributed by atoms with van der Waals surface area (Å²) < 4.78 is 16.1. The third-order valence-corrected chi connectivity index (χ3v) is 5.37. The van der Waals surface area contributed by atoms with Crippen molar-refractivity contribution in [1.29, 1.82) is 0 Å². The zero-order valence-electron chi connectivity index (χ0n) is 12.8. The highest BCUT2D eigenvalue weighted by atomic mass is 32.2. The molecule has 0 amide bonds. The summed E-state index contributed by atoms with van der Waals surface area (Å²) in [7, 11) is 0. The monoisotopic (exact) mass is 316 g/mol. The second-order valence-electron chi connectivity index (χ2n) is 5.57. The van der Waals surface area contributed by atoms with E-state index in [9.17, 15) is 9.59 Å². The first kappa shape index (κ1) is 16.6. The Kier molecular flexibility index (Phi) is 5.93. The molecule has 2 fully saturated rings. The maximum Gasteiger partial charge on any atom is 0.320 e. The summed E-state index contributed by atoms with van der Waals surface area (Å²) >= 11 is 1.87. The number of carbonyl (C=O) groups is 2. The van der Waals surface area contributed by atoms with Gasteiger partial charge in [-0.2, -0.15) is 11.8 Å². The maximum absolute atomic E-state index is 12.2. The minimum atomic E-state index is -0.809. The topological polar surface area (TPSA) is 61.8 Å². The van der Waals surface area contributed by atoms with Crippen molar-refractivity contribution in [3.63, 3.8) is 0 Å². The van der Waals surface area contributed by atoms with Gasteiger partial charge in [0.1, 0.15) is 0 Å². The molecule has 5 nitrogen and oxygen atoms in total. The van der Waals surface area contributed by atoms with Gasteiger partial charge in [0.2, 0.25) is 0 Å². The fraction of sp³-hybridized carbons (Fsp3) is 0.867. The lowest BCUT2D eigenvalue weighted by atomic mass is 9.78. The van der Waals surface area contributed by atoms with Gasteiger partial charge in [-0.1, -0.05) is 0 Å². The normalized spacial score (nSPS) is 28.8. The molecule has 21 heavy (non-hydrogen) atoms. The van der Waals surface area contributed by atoms with Gasteiger partial charge in [0.05, 0.1) is 18.8 Å². The molecule has 2 unspecified atom stereocenters. The predicted molar refractivity (Wildman–Crippen MR) is 80.1 cm³/mol. The second-order valence-corrected chi connectivity index (χ2v) is 6.67. The van der Waals surface area contributed by atoms with Gasteiger partial charge in [0.15, 0.2) is 5.92 Å². The van der Waals surface area contributed by atoms with Crippen LogP contribution < -0.4 is 0 Å². The van der Waals surface area contributed by atoms with Crippen molar-refractivity contribution in [2.45, 2.75) is 38.7 Å². The predicted octanol–water partition coefficient (Wildman–Crippen LogP) is 2.03. The Morgan fingerprint density at radius 3 is 2.48 bits per heavy atom. The summed E-state index contributed by atoms with van der Waals surface area (Å²) in [5, 5.41) is 0. The molecule has 0 radical (unpaired) electrons. The van der Waals surface area contributed by atoms with Crippen LogP contribution in [0.15, 0.2) is 0 Å². The molecule has 2 aliphatic rings. The lowest BCUT2D eigenvalue weighted by Crippen LogP contribution is -2.45. The van der Waals surface area contributed by atoms with E-state index in [2.05, 4.69) is 0 Å². The molecule has 2 saturated heterocycles. The fourth-order valence-electron chi connectivity index (χ4n) is 3.16. The SMILES string of the molecule is CCOC(=O)C(C(=O)OCC)C1CCOC2(CCSC2)C1. The average Bonchev–Trinajstić information content (AvgIpc) is 2.87. The number of carbonyl (C=O) groups excluding carboxylic acids is 2. The highest BCUT2D eigenvalue weighted by Gasteiger charge is 2.47. The summed E-state index contributed by atoms with van der Waals surface area (Å²) in [6.45, 7) is 4.65. The highest BCUT2D eigenvalue weighted by molar-refractivity contribution is 7.99. The van der Waals surface area contributed by atoms with E-state index in [1.807, 2.05) is 11.8 Å². The van der Waals surface area contributed by atoms with Gasteiger partial charge in [0, 0.05) is 12.4 Å². The maximum atomic E-state index is 12.2. The number of hydrogen-bond donors (Lipinski definition) is 0. The summed E-state index contributed by atoms with van der Waals surface area (Å²) in [5.41, 5.74) is -0.162. The van der Waals surface area contributed by atoms with Crippen LogP contribution in [0.5, 0.6) is 0 Å². The van der Waals surface area contributed by atoms with Crippen LogP contribution in [0.3, 0.4) is 0 Å². The van der Waals surface area contributed by atoms with Gasteiger partial charge in [-0.25, -0.2) is 0 Å². The summed E-state index contributed by atoms with van der Waals surface area (Å²) in [6.07, 6.45) is 2.43. The zero-order chi connectivity index (χ0) is 15.3. The van der Waals surface area contributed by atoms with Crippen LogP contribution in [0, 0.1) is 11.8 Å². The van der Waals surface area contributed by atoms with E-state index in [0.29, 0.717) is 13.0 Å². The van der Waals surface area contributed by atoms with Gasteiger partial charge in [0.25, 0.3) is 0 Å². The van der Waals surface area contributed by atoms with Gasteiger partial charge < -0.3 is 14.2 Å². The molecule has 6 heteroatoms. The zero-order valence-corrected chi connectivity index (χ0v) is 13.6. The Labute approximate surface area is 130 Å². The smallest absolute Gasteiger partial charge is 0.320 e. The molecule has 0 saturated carbocycles. The molecule has 2 rings (SSSR count). The molecule has 0 N–H and O–H groups in total. The number of thioether (sulfide) groups is 1. The third-order valence-electron chi connectivity index (χ3n) is 4.15. The molecule has 0 aromatic carbocycles. The van der Waals surface area contributed by atoms with E-state index >= 15 is 0 Å². The largest absolute Gasteiger partial charge is 0.465 e. The van der Waals surface area contributed by atoms with Crippen molar-refractivity contribution in [3.8, 4) is 0 Å². The minimum Gasteiger partial charge on any atom is -0.465 e. The second kappa shape index (κ2) is 7.49. The average molecular weight is 316 g/mol. The molecule has 1 spiro atoms. The Morgan fingerprint density at radius 2 is 1.95 bits per heavy atom. The molecular formula is C15H24O5S. The summed E-state index contributed by atoms with van der Waals surface area (Å²) in [4.78, 5) is 24.4. The Balaban J connectivity index is 2.11. The van der Waals surface area contributed by atoms with E-state index in [-0.39, 0.29) is 24.7 Å². The van der Waals surface area contributed by atoms with Crippen LogP contribution >= 0.6 is 11.8 Å². The van der Waals surface area contributed by atoms with Gasteiger partial charge in [-0.05, 0) is 44.8 Å². The van der Waals surface area contributed by atoms with E-state index < -0.39 is 17.9 Å². The Morgan fingerprint density at radius 1 is 1.29 bits per heavy atom. The van der Waals surface area contributed by atoms with Crippen molar-refractivity contribution in [2.24, 2.45) is 11.8 Å². The molecular weight excluding hydrogens is 292 g/mol. The van der Waals surface area contributed by atoms with Crippen molar-refractivity contribution in [3.05, 3.63) is 0 Å². The molecule has 120 valence electrons. The van der Waals surface area contributed by atoms with E-state index in [1.54, 1.807) is 13.8 Å². The molecule has 2 atom stereocenters. The van der Waals surface area contributed by atoms with Crippen LogP contribution in [-0.4, -0.2) is 48.9 Å². The molecule has 2 aliphatic heterocycles. The Hall–Kier alpha value is -0.750. The molecule has 2 heterocycles. The van der Waals surface area contributed by atoms with Crippen LogP contribution in [0.2, 0.25) is 0 Å². The van der Waals surface area contributed by atoms with Crippen LogP contribution in [-0.2, 0) is 23.8 Å². The van der Waals surface area contributed by atoms with Crippen molar-refractivity contribution in [1.82, 2.24) is 0 Å². The first-order chi connectivity index (χ1) is 10.1. The van der Waals surface area contributed by atoms with Crippen LogP contribution in [0.25, 0.3) is 0 Å². The fourth-order valence-corrected chi connectivity index (χ4v) is 4.54. The van der Waals surface area contributed by atoms with Gasteiger partial charge in [-0.15, -0.1) is 0 Å². The third kappa shape index (κ3) is 3.92. The Bertz CT molecular complexity index is 360. The van der Waals surface area contributed by atoms with E-state index in [4.69, 9.17) is 14.2 Å². The lowest BCUT2D eigenvalue weighted by molar-refractivity contribution is -0.169. The summed E-state index contributed by atoms with van der Waals surface area (Å²) in [5.74, 6) is 0.261. The number of ether oxygens (including phenoxy) is 3. The quantitative estimate of drug-likeness (QED) is 0.571. The van der Waals surface area contributed by atoms with Crippen molar-refractivity contribution in [2.75, 3.05) is 31.3 Å². The van der Waals surface area contributed by atoms with Gasteiger partial charge in [-0.3, -0.25) is 9.59 Å². The molecule has 0 aromatic heterocycles.